The SMILES string of the molecule is COCCOCc1nsc(NC(=O)NCc2ccc(Cl)c(Cl)c2)n1. The number of carbonyl (C=O) groups excluding carboxylic acids is 1. The molecule has 0 atom stereocenters. The molecule has 0 aliphatic heterocycles. The van der Waals surface area contributed by atoms with Crippen LogP contribution in [0.4, 0.5) is 9.93 Å². The van der Waals surface area contributed by atoms with Gasteiger partial charge in [-0.05, 0) is 17.7 Å². The monoisotopic (exact) mass is 390 g/mol. The molecule has 2 rings (SSSR count). The Balaban J connectivity index is 1.75. The number of halogens is 2. The average Bonchev–Trinajstić information content (AvgIpc) is 3.00. The standard InChI is InChI=1S/C14H16Cl2N4O3S/c1-22-4-5-23-8-12-18-14(24-20-12)19-13(21)17-7-9-2-3-10(15)11(16)6-9/h2-3,6H,4-5,7-8H2,1H3,(H2,17,18,19,20,21). The van der Waals surface area contributed by atoms with Crippen LogP contribution in [0.5, 0.6) is 0 Å². The number of aromatic nitrogens is 2. The van der Waals surface area contributed by atoms with Gasteiger partial charge < -0.3 is 14.8 Å². The highest BCUT2D eigenvalue weighted by Crippen LogP contribution is 2.22. The summed E-state index contributed by atoms with van der Waals surface area (Å²) < 4.78 is 14.3. The molecule has 24 heavy (non-hydrogen) atoms. The van der Waals surface area contributed by atoms with Crippen molar-refractivity contribution in [1.82, 2.24) is 14.7 Å². The number of methoxy groups -OCH3 is 1. The van der Waals surface area contributed by atoms with Crippen molar-refractivity contribution in [2.75, 3.05) is 25.6 Å². The third-order valence-electron chi connectivity index (χ3n) is 2.79. The molecule has 2 aromatic rings. The van der Waals surface area contributed by atoms with Crippen LogP contribution in [0, 0.1) is 0 Å². The van der Waals surface area contributed by atoms with E-state index in [-0.39, 0.29) is 12.6 Å². The number of ether oxygens (including phenoxy) is 2. The first kappa shape index (κ1) is 18.9. The van der Waals surface area contributed by atoms with Crippen LogP contribution in [0.1, 0.15) is 11.4 Å². The number of urea groups is 1. The van der Waals surface area contributed by atoms with Crippen LogP contribution >= 0.6 is 34.7 Å². The van der Waals surface area contributed by atoms with Gasteiger partial charge in [0.1, 0.15) is 6.61 Å². The smallest absolute Gasteiger partial charge is 0.321 e. The third-order valence-corrected chi connectivity index (χ3v) is 4.20. The minimum absolute atomic E-state index is 0.270. The summed E-state index contributed by atoms with van der Waals surface area (Å²) in [7, 11) is 1.60. The predicted octanol–water partition coefficient (Wildman–Crippen LogP) is 3.33. The Morgan fingerprint density at radius 3 is 2.88 bits per heavy atom. The maximum absolute atomic E-state index is 11.9. The quantitative estimate of drug-likeness (QED) is 0.675. The number of nitrogens with zero attached hydrogens (tertiary/aromatic N) is 2. The fourth-order valence-corrected chi connectivity index (χ4v) is 2.53. The van der Waals surface area contributed by atoms with Gasteiger partial charge in [-0.15, -0.1) is 0 Å². The zero-order chi connectivity index (χ0) is 17.4. The van der Waals surface area contributed by atoms with Crippen LogP contribution < -0.4 is 10.6 Å². The molecule has 7 nitrogen and oxygen atoms in total. The molecule has 2 amide bonds. The maximum atomic E-state index is 11.9. The molecule has 0 fully saturated rings. The molecule has 0 saturated heterocycles. The van der Waals surface area contributed by atoms with Crippen LogP contribution in [0.3, 0.4) is 0 Å². The molecule has 0 saturated carbocycles. The minimum atomic E-state index is -0.385. The zero-order valence-corrected chi connectivity index (χ0v) is 15.2. The zero-order valence-electron chi connectivity index (χ0n) is 12.8. The minimum Gasteiger partial charge on any atom is -0.382 e. The lowest BCUT2D eigenvalue weighted by molar-refractivity contribution is 0.0590. The Labute approximate surface area is 153 Å². The van der Waals surface area contributed by atoms with Gasteiger partial charge in [0.2, 0.25) is 5.13 Å². The molecule has 0 bridgehead atoms. The van der Waals surface area contributed by atoms with E-state index in [0.717, 1.165) is 17.1 Å². The number of nitrogens with one attached hydrogen (secondary N) is 2. The Hall–Kier alpha value is -1.45. The Morgan fingerprint density at radius 1 is 1.29 bits per heavy atom. The van der Waals surface area contributed by atoms with Gasteiger partial charge in [0.25, 0.3) is 0 Å². The molecule has 0 aliphatic rings. The summed E-state index contributed by atoms with van der Waals surface area (Å²) in [6, 6.07) is 4.78. The lowest BCUT2D eigenvalue weighted by Crippen LogP contribution is -2.28. The molecule has 1 aromatic heterocycles. The number of hydrogen-bond donors (Lipinski definition) is 2. The lowest BCUT2D eigenvalue weighted by atomic mass is 10.2. The van der Waals surface area contributed by atoms with Gasteiger partial charge >= 0.3 is 6.03 Å². The number of amides is 2. The summed E-state index contributed by atoms with van der Waals surface area (Å²) >= 11 is 12.9. The number of benzene rings is 1. The third kappa shape index (κ3) is 6.21. The van der Waals surface area contributed by atoms with Gasteiger partial charge in [0.15, 0.2) is 5.82 Å². The molecule has 2 N–H and O–H groups in total. The van der Waals surface area contributed by atoms with E-state index in [1.165, 1.54) is 0 Å². The van der Waals surface area contributed by atoms with E-state index >= 15 is 0 Å². The normalized spacial score (nSPS) is 10.6. The van der Waals surface area contributed by atoms with Crippen molar-refractivity contribution in [2.24, 2.45) is 0 Å². The van der Waals surface area contributed by atoms with E-state index in [9.17, 15) is 4.79 Å². The number of carbonyl (C=O) groups is 1. The van der Waals surface area contributed by atoms with E-state index in [4.69, 9.17) is 32.7 Å². The van der Waals surface area contributed by atoms with Crippen molar-refractivity contribution >= 4 is 45.9 Å². The van der Waals surface area contributed by atoms with Crippen molar-refractivity contribution in [1.29, 1.82) is 0 Å². The highest BCUT2D eigenvalue weighted by molar-refractivity contribution is 7.09. The van der Waals surface area contributed by atoms with Crippen LogP contribution in [0.2, 0.25) is 10.0 Å². The Bertz CT molecular complexity index is 684. The molecule has 0 unspecified atom stereocenters. The van der Waals surface area contributed by atoms with Crippen molar-refractivity contribution in [2.45, 2.75) is 13.2 Å². The highest BCUT2D eigenvalue weighted by Gasteiger charge is 2.08. The summed E-state index contributed by atoms with van der Waals surface area (Å²) in [4.78, 5) is 16.0. The topological polar surface area (TPSA) is 85.4 Å². The molecular weight excluding hydrogens is 375 g/mol. The average molecular weight is 391 g/mol. The number of hydrogen-bond acceptors (Lipinski definition) is 6. The maximum Gasteiger partial charge on any atom is 0.321 e. The molecule has 0 aliphatic carbocycles. The second kappa shape index (κ2) is 9.75. The van der Waals surface area contributed by atoms with Crippen LogP contribution in [-0.4, -0.2) is 35.7 Å². The lowest BCUT2D eigenvalue weighted by Gasteiger charge is -2.06. The first-order valence-electron chi connectivity index (χ1n) is 6.96. The van der Waals surface area contributed by atoms with E-state index in [1.807, 2.05) is 0 Å². The first-order valence-corrected chi connectivity index (χ1v) is 8.49. The summed E-state index contributed by atoms with van der Waals surface area (Å²) in [5.74, 6) is 0.510. The Kier molecular flexibility index (Phi) is 7.67. The van der Waals surface area contributed by atoms with E-state index in [1.54, 1.807) is 25.3 Å². The molecule has 0 spiro atoms. The van der Waals surface area contributed by atoms with Crippen molar-refractivity contribution < 1.29 is 14.3 Å². The van der Waals surface area contributed by atoms with E-state index in [2.05, 4.69) is 20.0 Å². The first-order chi connectivity index (χ1) is 11.6. The van der Waals surface area contributed by atoms with Gasteiger partial charge in [-0.25, -0.2) is 9.78 Å². The van der Waals surface area contributed by atoms with Gasteiger partial charge in [-0.2, -0.15) is 4.37 Å². The van der Waals surface area contributed by atoms with Crippen LogP contribution in [0.25, 0.3) is 0 Å². The largest absolute Gasteiger partial charge is 0.382 e. The molecule has 1 aromatic carbocycles. The van der Waals surface area contributed by atoms with Crippen molar-refractivity contribution in [3.8, 4) is 0 Å². The molecule has 1 heterocycles. The van der Waals surface area contributed by atoms with Gasteiger partial charge in [0.05, 0.1) is 23.3 Å². The predicted molar refractivity (Wildman–Crippen MR) is 93.8 cm³/mol. The van der Waals surface area contributed by atoms with Gasteiger partial charge in [-0.1, -0.05) is 29.3 Å². The van der Waals surface area contributed by atoms with Crippen LogP contribution in [0.15, 0.2) is 18.2 Å². The van der Waals surface area contributed by atoms with E-state index < -0.39 is 0 Å². The summed E-state index contributed by atoms with van der Waals surface area (Å²) in [6.45, 7) is 1.55. The molecule has 10 heteroatoms. The number of anilines is 1. The second-order valence-electron chi connectivity index (χ2n) is 4.62. The van der Waals surface area contributed by atoms with E-state index in [0.29, 0.717) is 40.8 Å². The van der Waals surface area contributed by atoms with Gasteiger partial charge in [0, 0.05) is 25.2 Å². The Morgan fingerprint density at radius 2 is 2.12 bits per heavy atom. The summed E-state index contributed by atoms with van der Waals surface area (Å²) in [5, 5.41) is 6.63. The summed E-state index contributed by atoms with van der Waals surface area (Å²) in [6.07, 6.45) is 0. The molecular formula is C14H16Cl2N4O3S. The highest BCUT2D eigenvalue weighted by atomic mass is 35.5. The van der Waals surface area contributed by atoms with Crippen LogP contribution in [-0.2, 0) is 22.6 Å². The summed E-state index contributed by atoms with van der Waals surface area (Å²) in [5.41, 5.74) is 0.837. The number of rotatable bonds is 8. The second-order valence-corrected chi connectivity index (χ2v) is 6.18. The molecule has 0 radical (unpaired) electrons. The fraction of sp³-hybridized carbons (Fsp3) is 0.357. The van der Waals surface area contributed by atoms with Gasteiger partial charge in [-0.3, -0.25) is 5.32 Å². The fourth-order valence-electron chi connectivity index (χ4n) is 1.64. The van der Waals surface area contributed by atoms with Crippen molar-refractivity contribution in [3.05, 3.63) is 39.6 Å². The molecule has 130 valence electrons. The van der Waals surface area contributed by atoms with Crippen molar-refractivity contribution in [3.63, 3.8) is 0 Å².